The van der Waals surface area contributed by atoms with E-state index >= 15 is 0 Å². The zero-order chi connectivity index (χ0) is 31.5. The molecule has 0 N–H and O–H groups in total. The van der Waals surface area contributed by atoms with E-state index in [0.29, 0.717) is 0 Å². The monoisotopic (exact) mass is 616 g/mol. The number of rotatable bonds is 0. The lowest BCUT2D eigenvalue weighted by Gasteiger charge is -2.01. The fourth-order valence-electron chi connectivity index (χ4n) is 0. The molecule has 224 valence electrons. The SMILES string of the molecule is C[Si](C)(C)C.C[Si](C)(C)C.C[Si](C)(C)C.C[Si](C)(C)C.C[Si](C)(C)C.C[Si](C)(C)C.C[Si](C)(C)C. The Bertz CT molecular complexity index is 252. The summed E-state index contributed by atoms with van der Waals surface area (Å²) < 4.78 is 0. The van der Waals surface area contributed by atoms with Crippen LogP contribution in [0.5, 0.6) is 0 Å². The van der Waals surface area contributed by atoms with Crippen LogP contribution >= 0.6 is 0 Å². The van der Waals surface area contributed by atoms with Crippen LogP contribution in [0.4, 0.5) is 0 Å². The summed E-state index contributed by atoms with van der Waals surface area (Å²) in [5, 5.41) is 0. The first-order valence-corrected chi connectivity index (χ1v) is 42.0. The average Bonchev–Trinajstić information content (AvgIpc) is 2.06. The maximum absolute atomic E-state index is 2.33. The van der Waals surface area contributed by atoms with E-state index in [0.717, 1.165) is 0 Å². The first kappa shape index (κ1) is 52.9. The van der Waals surface area contributed by atoms with Gasteiger partial charge in [0.05, 0.1) is 0 Å². The molecular weight excluding hydrogens is 533 g/mol. The zero-order valence-electron chi connectivity index (χ0n) is 31.5. The van der Waals surface area contributed by atoms with Crippen molar-refractivity contribution in [1.82, 2.24) is 0 Å². The molecule has 0 radical (unpaired) electrons. The Kier molecular flexibility index (Phi) is 33.8. The minimum atomic E-state index is -0.611. The summed E-state index contributed by atoms with van der Waals surface area (Å²) >= 11 is 0. The second-order valence-electron chi connectivity index (χ2n) is 21.0. The molecule has 0 saturated heterocycles. The van der Waals surface area contributed by atoms with Crippen LogP contribution in [0.3, 0.4) is 0 Å². The van der Waals surface area contributed by atoms with Crippen molar-refractivity contribution in [3.05, 3.63) is 0 Å². The lowest BCUT2D eigenvalue weighted by atomic mass is 11.8. The summed E-state index contributed by atoms with van der Waals surface area (Å²) in [5.74, 6) is 0. The van der Waals surface area contributed by atoms with Crippen LogP contribution in [0.25, 0.3) is 0 Å². The van der Waals surface area contributed by atoms with Crippen molar-refractivity contribution >= 4 is 56.5 Å². The molecule has 7 heteroatoms. The summed E-state index contributed by atoms with van der Waals surface area (Å²) in [5.41, 5.74) is 0. The van der Waals surface area contributed by atoms with Gasteiger partial charge >= 0.3 is 0 Å². The second kappa shape index (κ2) is 22.3. The second-order valence-corrected chi connectivity index (χ2v) is 63.0. The van der Waals surface area contributed by atoms with Gasteiger partial charge in [-0.1, -0.05) is 183 Å². The molecule has 0 aromatic heterocycles. The molecule has 0 unspecified atom stereocenters. The van der Waals surface area contributed by atoms with Gasteiger partial charge in [0.25, 0.3) is 0 Å². The van der Waals surface area contributed by atoms with Crippen LogP contribution in [0.1, 0.15) is 0 Å². The standard InChI is InChI=1S/7C4H12Si/c7*1-5(2,3)4/h7*1-4H3. The molecule has 0 amide bonds. The molecule has 0 atom stereocenters. The maximum atomic E-state index is 2.33. The van der Waals surface area contributed by atoms with Crippen LogP contribution in [0, 0.1) is 0 Å². The third-order valence-corrected chi connectivity index (χ3v) is 0. The van der Waals surface area contributed by atoms with E-state index in [2.05, 4.69) is 183 Å². The Morgan fingerprint density at radius 1 is 0.114 bits per heavy atom. The van der Waals surface area contributed by atoms with Crippen LogP contribution in [-0.2, 0) is 0 Å². The fourth-order valence-corrected chi connectivity index (χ4v) is 0. The maximum Gasteiger partial charge on any atom is 0.0411 e. The van der Waals surface area contributed by atoms with E-state index in [-0.39, 0.29) is 0 Å². The normalized spacial score (nSPS) is 12.0. The molecule has 0 aliphatic rings. The molecule has 0 rings (SSSR count). The smallest absolute Gasteiger partial charge is 0.0411 e. The molecule has 0 saturated carbocycles. The molecule has 0 bridgehead atoms. The quantitative estimate of drug-likeness (QED) is 0.237. The van der Waals surface area contributed by atoms with Crippen molar-refractivity contribution in [2.45, 2.75) is 183 Å². The predicted molar refractivity (Wildman–Crippen MR) is 204 cm³/mol. The molecule has 0 aromatic rings. The van der Waals surface area contributed by atoms with Gasteiger partial charge in [-0.2, -0.15) is 0 Å². The minimum Gasteiger partial charge on any atom is -0.0697 e. The van der Waals surface area contributed by atoms with Gasteiger partial charge in [0.2, 0.25) is 0 Å². The van der Waals surface area contributed by atoms with Gasteiger partial charge in [-0.05, 0) is 0 Å². The van der Waals surface area contributed by atoms with Gasteiger partial charge < -0.3 is 0 Å². The molecule has 35 heavy (non-hydrogen) atoms. The Balaban J connectivity index is -0.0000000523. The first-order valence-electron chi connectivity index (χ1n) is 14.0. The van der Waals surface area contributed by atoms with Crippen molar-refractivity contribution in [3.8, 4) is 0 Å². The molecular formula is C28H84Si7. The molecule has 0 heterocycles. The van der Waals surface area contributed by atoms with Crippen LogP contribution in [-0.4, -0.2) is 56.5 Å². The average molecular weight is 618 g/mol. The third kappa shape index (κ3) is 17300. The van der Waals surface area contributed by atoms with Crippen molar-refractivity contribution in [2.75, 3.05) is 0 Å². The Morgan fingerprint density at radius 3 is 0.114 bits per heavy atom. The van der Waals surface area contributed by atoms with E-state index in [4.69, 9.17) is 0 Å². The molecule has 0 spiro atoms. The summed E-state index contributed by atoms with van der Waals surface area (Å²) in [6, 6.07) is 0. The lowest BCUT2D eigenvalue weighted by molar-refractivity contribution is 1.71. The highest BCUT2D eigenvalue weighted by molar-refractivity contribution is 6.76. The Hall–Kier alpha value is 1.52. The zero-order valence-corrected chi connectivity index (χ0v) is 38.5. The van der Waals surface area contributed by atoms with Gasteiger partial charge in [-0.15, -0.1) is 0 Å². The molecule has 0 fully saturated rings. The summed E-state index contributed by atoms with van der Waals surface area (Å²) in [6.45, 7) is 65.1. The highest BCUT2D eigenvalue weighted by atomic mass is 28.3. The topological polar surface area (TPSA) is 0 Å². The molecule has 0 aliphatic heterocycles. The van der Waals surface area contributed by atoms with E-state index in [9.17, 15) is 0 Å². The molecule has 0 aliphatic carbocycles. The largest absolute Gasteiger partial charge is 0.0697 e. The van der Waals surface area contributed by atoms with Gasteiger partial charge in [0.15, 0.2) is 0 Å². The fraction of sp³-hybridized carbons (Fsp3) is 1.00. The first-order chi connectivity index (χ1) is 14.0. The van der Waals surface area contributed by atoms with E-state index in [1.54, 1.807) is 0 Å². The van der Waals surface area contributed by atoms with Crippen LogP contribution in [0.15, 0.2) is 0 Å². The van der Waals surface area contributed by atoms with Crippen LogP contribution < -0.4 is 0 Å². The molecule has 0 nitrogen and oxygen atoms in total. The summed E-state index contributed by atoms with van der Waals surface area (Å²) in [4.78, 5) is 0. The van der Waals surface area contributed by atoms with Crippen molar-refractivity contribution < 1.29 is 0 Å². The minimum absolute atomic E-state index is 0.611. The van der Waals surface area contributed by atoms with Gasteiger partial charge in [0, 0.05) is 56.5 Å². The van der Waals surface area contributed by atoms with Crippen molar-refractivity contribution in [1.29, 1.82) is 0 Å². The molecule has 0 aromatic carbocycles. The highest BCUT2D eigenvalue weighted by Gasteiger charge is 2.01. The number of hydrogen-bond acceptors (Lipinski definition) is 0. The van der Waals surface area contributed by atoms with Gasteiger partial charge in [-0.3, -0.25) is 0 Å². The van der Waals surface area contributed by atoms with Gasteiger partial charge in [0.1, 0.15) is 0 Å². The third-order valence-electron chi connectivity index (χ3n) is 0. The van der Waals surface area contributed by atoms with E-state index in [1.807, 2.05) is 0 Å². The van der Waals surface area contributed by atoms with Crippen molar-refractivity contribution in [2.24, 2.45) is 0 Å². The van der Waals surface area contributed by atoms with Gasteiger partial charge in [-0.25, -0.2) is 0 Å². The van der Waals surface area contributed by atoms with E-state index < -0.39 is 56.5 Å². The predicted octanol–water partition coefficient (Wildman–Crippen LogP) is 13.7. The lowest BCUT2D eigenvalue weighted by Crippen LogP contribution is -2.10. The van der Waals surface area contributed by atoms with Crippen LogP contribution in [0.2, 0.25) is 183 Å². The summed E-state index contributed by atoms with van der Waals surface area (Å²) in [6.07, 6.45) is 0. The Morgan fingerprint density at radius 2 is 0.114 bits per heavy atom. The Labute approximate surface area is 238 Å². The highest BCUT2D eigenvalue weighted by Crippen LogP contribution is 1.97. The van der Waals surface area contributed by atoms with E-state index in [1.165, 1.54) is 0 Å². The summed E-state index contributed by atoms with van der Waals surface area (Å²) in [7, 11) is -4.28. The van der Waals surface area contributed by atoms with Crippen molar-refractivity contribution in [3.63, 3.8) is 0 Å². The number of hydrogen-bond donors (Lipinski definition) is 0.